The van der Waals surface area contributed by atoms with Crippen LogP contribution in [-0.4, -0.2) is 36.6 Å². The third-order valence-electron chi connectivity index (χ3n) is 3.65. The lowest BCUT2D eigenvalue weighted by Gasteiger charge is -2.30. The van der Waals surface area contributed by atoms with Gasteiger partial charge in [0.25, 0.3) is 0 Å². The van der Waals surface area contributed by atoms with Crippen LogP contribution in [0.15, 0.2) is 0 Å². The Labute approximate surface area is 81.7 Å². The van der Waals surface area contributed by atoms with Crippen molar-refractivity contribution < 1.29 is 0 Å². The topological polar surface area (TPSA) is 15.3 Å². The lowest BCUT2D eigenvalue weighted by molar-refractivity contribution is 0.237. The second-order valence-electron chi connectivity index (χ2n) is 4.46. The number of rotatable bonds is 4. The third-order valence-corrected chi connectivity index (χ3v) is 3.65. The van der Waals surface area contributed by atoms with E-state index in [1.54, 1.807) is 0 Å². The molecule has 2 heteroatoms. The van der Waals surface area contributed by atoms with Crippen LogP contribution in [0.1, 0.15) is 39.0 Å². The molecule has 1 saturated carbocycles. The van der Waals surface area contributed by atoms with Gasteiger partial charge < -0.3 is 5.32 Å². The number of likely N-dealkylation sites (tertiary alicyclic amines) is 1. The predicted molar refractivity (Wildman–Crippen MR) is 55.9 cm³/mol. The van der Waals surface area contributed by atoms with Crippen molar-refractivity contribution in [1.29, 1.82) is 0 Å². The van der Waals surface area contributed by atoms with Crippen molar-refractivity contribution in [1.82, 2.24) is 10.2 Å². The van der Waals surface area contributed by atoms with Gasteiger partial charge >= 0.3 is 0 Å². The molecule has 2 aliphatic rings. The van der Waals surface area contributed by atoms with Gasteiger partial charge in [-0.3, -0.25) is 4.90 Å². The lowest BCUT2D eigenvalue weighted by Crippen LogP contribution is -2.44. The van der Waals surface area contributed by atoms with Gasteiger partial charge in [-0.25, -0.2) is 0 Å². The van der Waals surface area contributed by atoms with Gasteiger partial charge in [-0.05, 0) is 38.8 Å². The molecule has 76 valence electrons. The summed E-state index contributed by atoms with van der Waals surface area (Å²) in [4.78, 5) is 2.62. The molecule has 1 aliphatic carbocycles. The Morgan fingerprint density at radius 3 is 2.69 bits per heavy atom. The Morgan fingerprint density at radius 2 is 2.08 bits per heavy atom. The van der Waals surface area contributed by atoms with Crippen molar-refractivity contribution >= 4 is 0 Å². The van der Waals surface area contributed by atoms with E-state index in [9.17, 15) is 0 Å². The van der Waals surface area contributed by atoms with Gasteiger partial charge in [0, 0.05) is 18.6 Å². The fourth-order valence-electron chi connectivity index (χ4n) is 2.46. The first-order valence-electron chi connectivity index (χ1n) is 5.87. The maximum absolute atomic E-state index is 3.68. The van der Waals surface area contributed by atoms with Crippen LogP contribution >= 0.6 is 0 Å². The molecule has 1 heterocycles. The fourth-order valence-corrected chi connectivity index (χ4v) is 2.46. The Morgan fingerprint density at radius 1 is 1.23 bits per heavy atom. The highest BCUT2D eigenvalue weighted by Crippen LogP contribution is 2.20. The smallest absolute Gasteiger partial charge is 0.0221 e. The normalized spacial score (nSPS) is 30.7. The molecule has 0 aromatic carbocycles. The van der Waals surface area contributed by atoms with E-state index in [-0.39, 0.29) is 0 Å². The molecule has 0 bridgehead atoms. The van der Waals surface area contributed by atoms with Crippen molar-refractivity contribution in [3.05, 3.63) is 0 Å². The monoisotopic (exact) mass is 182 g/mol. The molecule has 2 nitrogen and oxygen atoms in total. The average molecular weight is 182 g/mol. The Hall–Kier alpha value is -0.0800. The van der Waals surface area contributed by atoms with Gasteiger partial charge in [0.1, 0.15) is 0 Å². The minimum atomic E-state index is 0.839. The molecular formula is C11H22N2. The number of hydrogen-bond donors (Lipinski definition) is 1. The van der Waals surface area contributed by atoms with Crippen molar-refractivity contribution in [2.45, 2.75) is 51.1 Å². The van der Waals surface area contributed by atoms with E-state index >= 15 is 0 Å². The van der Waals surface area contributed by atoms with Gasteiger partial charge in [-0.2, -0.15) is 0 Å². The van der Waals surface area contributed by atoms with Crippen LogP contribution < -0.4 is 5.32 Å². The van der Waals surface area contributed by atoms with Gasteiger partial charge in [-0.1, -0.05) is 13.3 Å². The van der Waals surface area contributed by atoms with Crippen molar-refractivity contribution in [3.63, 3.8) is 0 Å². The van der Waals surface area contributed by atoms with E-state index in [0.717, 1.165) is 12.1 Å². The standard InChI is InChI=1S/C11H22N2/c1-2-13-8-4-7-11(13)9-12-10-5-3-6-10/h10-12H,2-9H2,1H3. The van der Waals surface area contributed by atoms with E-state index in [0.29, 0.717) is 0 Å². The summed E-state index contributed by atoms with van der Waals surface area (Å²) in [7, 11) is 0. The highest BCUT2D eigenvalue weighted by molar-refractivity contribution is 4.83. The molecule has 1 unspecified atom stereocenters. The van der Waals surface area contributed by atoms with E-state index in [4.69, 9.17) is 0 Å². The van der Waals surface area contributed by atoms with E-state index in [1.165, 1.54) is 51.7 Å². The molecule has 2 fully saturated rings. The molecular weight excluding hydrogens is 160 g/mol. The second kappa shape index (κ2) is 4.43. The van der Waals surface area contributed by atoms with Crippen LogP contribution in [0.25, 0.3) is 0 Å². The summed E-state index contributed by atoms with van der Waals surface area (Å²) < 4.78 is 0. The average Bonchev–Trinajstić information content (AvgIpc) is 2.49. The first-order valence-corrected chi connectivity index (χ1v) is 5.87. The van der Waals surface area contributed by atoms with E-state index in [2.05, 4.69) is 17.1 Å². The highest BCUT2D eigenvalue weighted by Gasteiger charge is 2.24. The zero-order chi connectivity index (χ0) is 9.10. The summed E-state index contributed by atoms with van der Waals surface area (Å²) in [6, 6.07) is 1.70. The van der Waals surface area contributed by atoms with Crippen LogP contribution in [0, 0.1) is 0 Å². The van der Waals surface area contributed by atoms with E-state index in [1.807, 2.05) is 0 Å². The number of hydrogen-bond acceptors (Lipinski definition) is 2. The van der Waals surface area contributed by atoms with Crippen LogP contribution in [0.5, 0.6) is 0 Å². The maximum atomic E-state index is 3.68. The summed E-state index contributed by atoms with van der Waals surface area (Å²) in [5, 5.41) is 3.68. The lowest BCUT2D eigenvalue weighted by atomic mass is 9.93. The Balaban J connectivity index is 1.67. The fraction of sp³-hybridized carbons (Fsp3) is 1.00. The molecule has 0 spiro atoms. The molecule has 0 amide bonds. The largest absolute Gasteiger partial charge is 0.312 e. The SMILES string of the molecule is CCN1CCCC1CNC1CCC1. The second-order valence-corrected chi connectivity index (χ2v) is 4.46. The molecule has 1 aliphatic heterocycles. The third kappa shape index (κ3) is 2.23. The van der Waals surface area contributed by atoms with Crippen LogP contribution in [0.4, 0.5) is 0 Å². The minimum absolute atomic E-state index is 0.839. The molecule has 0 radical (unpaired) electrons. The molecule has 13 heavy (non-hydrogen) atoms. The Kier molecular flexibility index (Phi) is 3.23. The molecule has 1 N–H and O–H groups in total. The maximum Gasteiger partial charge on any atom is 0.0221 e. The van der Waals surface area contributed by atoms with Crippen LogP contribution in [-0.2, 0) is 0 Å². The van der Waals surface area contributed by atoms with Crippen LogP contribution in [0.2, 0.25) is 0 Å². The van der Waals surface area contributed by atoms with Gasteiger partial charge in [0.05, 0.1) is 0 Å². The summed E-state index contributed by atoms with van der Waals surface area (Å²) in [6.07, 6.45) is 7.09. The van der Waals surface area contributed by atoms with Crippen molar-refractivity contribution in [2.75, 3.05) is 19.6 Å². The zero-order valence-corrected chi connectivity index (χ0v) is 8.76. The summed E-state index contributed by atoms with van der Waals surface area (Å²) in [5.41, 5.74) is 0. The van der Waals surface area contributed by atoms with Gasteiger partial charge in [-0.15, -0.1) is 0 Å². The Bertz CT molecular complexity index is 154. The molecule has 0 aromatic rings. The molecule has 2 rings (SSSR count). The summed E-state index contributed by atoms with van der Waals surface area (Å²) in [6.45, 7) is 6.07. The first-order chi connectivity index (χ1) is 6.40. The first kappa shape index (κ1) is 9.47. The number of likely N-dealkylation sites (N-methyl/N-ethyl adjacent to an activating group) is 1. The summed E-state index contributed by atoms with van der Waals surface area (Å²) in [5.74, 6) is 0. The highest BCUT2D eigenvalue weighted by atomic mass is 15.2. The summed E-state index contributed by atoms with van der Waals surface area (Å²) >= 11 is 0. The van der Waals surface area contributed by atoms with Crippen LogP contribution in [0.3, 0.4) is 0 Å². The predicted octanol–water partition coefficient (Wildman–Crippen LogP) is 1.61. The minimum Gasteiger partial charge on any atom is -0.312 e. The van der Waals surface area contributed by atoms with Gasteiger partial charge in [0.2, 0.25) is 0 Å². The molecule has 1 atom stereocenters. The van der Waals surface area contributed by atoms with E-state index < -0.39 is 0 Å². The zero-order valence-electron chi connectivity index (χ0n) is 8.76. The molecule has 0 aromatic heterocycles. The van der Waals surface area contributed by atoms with Gasteiger partial charge in [0.15, 0.2) is 0 Å². The van der Waals surface area contributed by atoms with Crippen molar-refractivity contribution in [2.24, 2.45) is 0 Å². The number of nitrogens with one attached hydrogen (secondary N) is 1. The quantitative estimate of drug-likeness (QED) is 0.710. The number of nitrogens with zero attached hydrogens (tertiary/aromatic N) is 1. The molecule has 1 saturated heterocycles. The van der Waals surface area contributed by atoms with Crippen molar-refractivity contribution in [3.8, 4) is 0 Å².